The van der Waals surface area contributed by atoms with Gasteiger partial charge in [-0.05, 0) is 0 Å². The molecule has 102 valence electrons. The third-order valence-electron chi connectivity index (χ3n) is 1.81. The molecule has 0 aromatic carbocycles. The van der Waals surface area contributed by atoms with Gasteiger partial charge in [-0.25, -0.2) is 9.78 Å². The van der Waals surface area contributed by atoms with Crippen LogP contribution in [0.4, 0.5) is 4.79 Å². The summed E-state index contributed by atoms with van der Waals surface area (Å²) in [4.78, 5) is 16.8. The molecular formula is C10H12N4O5. The molecule has 2 heterocycles. The SMILES string of the molecule is C=C1OC(O)=C(NC(N)=O)C(O)=C1O.c1c[nH]cn1. The molecular weight excluding hydrogens is 256 g/mol. The highest BCUT2D eigenvalue weighted by molar-refractivity contribution is 5.75. The van der Waals surface area contributed by atoms with Crippen LogP contribution in [0.25, 0.3) is 0 Å². The lowest BCUT2D eigenvalue weighted by molar-refractivity contribution is 0.115. The van der Waals surface area contributed by atoms with Crippen molar-refractivity contribution < 1.29 is 24.9 Å². The Balaban J connectivity index is 0.000000300. The number of nitrogens with one attached hydrogen (secondary N) is 2. The molecule has 1 aromatic rings. The average Bonchev–Trinajstić information content (AvgIpc) is 2.91. The molecule has 1 aliphatic heterocycles. The number of rotatable bonds is 1. The molecule has 0 radical (unpaired) electrons. The molecule has 1 aliphatic rings. The topological polar surface area (TPSA) is 154 Å². The second-order valence-corrected chi connectivity index (χ2v) is 3.15. The van der Waals surface area contributed by atoms with E-state index in [0.717, 1.165) is 0 Å². The Morgan fingerprint density at radius 2 is 2.11 bits per heavy atom. The number of amides is 2. The van der Waals surface area contributed by atoms with Crippen molar-refractivity contribution in [3.8, 4) is 0 Å². The first-order chi connectivity index (χ1) is 8.93. The zero-order valence-corrected chi connectivity index (χ0v) is 9.62. The Morgan fingerprint density at radius 1 is 1.42 bits per heavy atom. The molecule has 2 amide bonds. The molecule has 0 atom stereocenters. The third kappa shape index (κ3) is 3.70. The number of aromatic nitrogens is 2. The van der Waals surface area contributed by atoms with E-state index in [2.05, 4.69) is 21.3 Å². The molecule has 9 nitrogen and oxygen atoms in total. The number of hydrogen-bond donors (Lipinski definition) is 6. The fourth-order valence-corrected chi connectivity index (χ4v) is 1.02. The van der Waals surface area contributed by atoms with E-state index in [0.29, 0.717) is 0 Å². The lowest BCUT2D eigenvalue weighted by Gasteiger charge is -2.17. The first kappa shape index (κ1) is 14.0. The van der Waals surface area contributed by atoms with Gasteiger partial charge in [-0.3, -0.25) is 5.32 Å². The molecule has 0 saturated carbocycles. The van der Waals surface area contributed by atoms with Gasteiger partial charge in [-0.15, -0.1) is 0 Å². The highest BCUT2D eigenvalue weighted by Crippen LogP contribution is 2.24. The van der Waals surface area contributed by atoms with Crippen molar-refractivity contribution in [2.24, 2.45) is 5.73 Å². The van der Waals surface area contributed by atoms with Crippen molar-refractivity contribution in [1.29, 1.82) is 0 Å². The van der Waals surface area contributed by atoms with Gasteiger partial charge in [0.25, 0.3) is 0 Å². The van der Waals surface area contributed by atoms with Crippen LogP contribution in [0, 0.1) is 0 Å². The molecule has 1 aromatic heterocycles. The largest absolute Gasteiger partial charge is 0.503 e. The van der Waals surface area contributed by atoms with Crippen LogP contribution >= 0.6 is 0 Å². The van der Waals surface area contributed by atoms with Crippen LogP contribution in [-0.2, 0) is 4.74 Å². The van der Waals surface area contributed by atoms with E-state index >= 15 is 0 Å². The van der Waals surface area contributed by atoms with Crippen LogP contribution in [0.5, 0.6) is 0 Å². The number of carbonyl (C=O) groups excluding carboxylic acids is 1. The lowest BCUT2D eigenvalue weighted by atomic mass is 10.2. The Kier molecular flexibility index (Phi) is 4.41. The van der Waals surface area contributed by atoms with Crippen LogP contribution < -0.4 is 11.1 Å². The lowest BCUT2D eigenvalue weighted by Crippen LogP contribution is -2.32. The zero-order valence-electron chi connectivity index (χ0n) is 9.62. The van der Waals surface area contributed by atoms with E-state index in [1.165, 1.54) is 0 Å². The van der Waals surface area contributed by atoms with Gasteiger partial charge in [0, 0.05) is 12.4 Å². The number of hydrogen-bond acceptors (Lipinski definition) is 6. The van der Waals surface area contributed by atoms with Gasteiger partial charge in [0.2, 0.25) is 5.76 Å². The maximum absolute atomic E-state index is 10.4. The van der Waals surface area contributed by atoms with Crippen molar-refractivity contribution in [2.75, 3.05) is 0 Å². The summed E-state index contributed by atoms with van der Waals surface area (Å²) in [6.45, 7) is 3.18. The summed E-state index contributed by atoms with van der Waals surface area (Å²) in [5.41, 5.74) is 4.23. The number of H-pyrrole nitrogens is 1. The second-order valence-electron chi connectivity index (χ2n) is 3.15. The molecule has 0 spiro atoms. The number of aliphatic hydroxyl groups excluding tert-OH is 3. The maximum atomic E-state index is 10.4. The number of nitrogens with zero attached hydrogens (tertiary/aromatic N) is 1. The highest BCUT2D eigenvalue weighted by atomic mass is 16.6. The van der Waals surface area contributed by atoms with Crippen molar-refractivity contribution in [2.45, 2.75) is 0 Å². The van der Waals surface area contributed by atoms with Crippen LogP contribution in [0.3, 0.4) is 0 Å². The molecule has 0 unspecified atom stereocenters. The van der Waals surface area contributed by atoms with Gasteiger partial charge < -0.3 is 30.8 Å². The number of nitrogens with two attached hydrogens (primary N) is 1. The van der Waals surface area contributed by atoms with E-state index in [1.54, 1.807) is 18.7 Å². The minimum Gasteiger partial charge on any atom is -0.503 e. The first-order valence-corrected chi connectivity index (χ1v) is 4.85. The van der Waals surface area contributed by atoms with Crippen molar-refractivity contribution in [3.63, 3.8) is 0 Å². The molecule has 0 bridgehead atoms. The summed E-state index contributed by atoms with van der Waals surface area (Å²) in [6, 6.07) is -1.03. The van der Waals surface area contributed by atoms with Crippen molar-refractivity contribution in [1.82, 2.24) is 15.3 Å². The normalized spacial score (nSPS) is 14.4. The van der Waals surface area contributed by atoms with Gasteiger partial charge in [0.15, 0.2) is 17.2 Å². The molecule has 9 heteroatoms. The summed E-state index contributed by atoms with van der Waals surface area (Å²) >= 11 is 0. The summed E-state index contributed by atoms with van der Waals surface area (Å²) in [5.74, 6) is -2.59. The summed E-state index contributed by atoms with van der Waals surface area (Å²) < 4.78 is 4.48. The first-order valence-electron chi connectivity index (χ1n) is 4.85. The van der Waals surface area contributed by atoms with E-state index in [4.69, 9.17) is 15.9 Å². The van der Waals surface area contributed by atoms with Crippen molar-refractivity contribution >= 4 is 6.03 Å². The number of aromatic amines is 1. The zero-order chi connectivity index (χ0) is 14.4. The number of imidazole rings is 1. The van der Waals surface area contributed by atoms with Crippen molar-refractivity contribution in [3.05, 3.63) is 54.2 Å². The predicted molar refractivity (Wildman–Crippen MR) is 63.5 cm³/mol. The van der Waals surface area contributed by atoms with Gasteiger partial charge in [-0.2, -0.15) is 0 Å². The minimum atomic E-state index is -1.03. The third-order valence-corrected chi connectivity index (χ3v) is 1.81. The number of aliphatic hydroxyl groups is 3. The second kappa shape index (κ2) is 6.00. The van der Waals surface area contributed by atoms with Gasteiger partial charge in [0.05, 0.1) is 6.33 Å². The fraction of sp³-hybridized carbons (Fsp3) is 0. The summed E-state index contributed by atoms with van der Waals surface area (Å²) in [5, 5.41) is 29.3. The molecule has 19 heavy (non-hydrogen) atoms. The number of primary amides is 1. The maximum Gasteiger partial charge on any atom is 0.316 e. The van der Waals surface area contributed by atoms with Gasteiger partial charge >= 0.3 is 12.0 Å². The van der Waals surface area contributed by atoms with Gasteiger partial charge in [-0.1, -0.05) is 6.58 Å². The minimum absolute atomic E-state index is 0.338. The van der Waals surface area contributed by atoms with E-state index < -0.39 is 29.2 Å². The molecule has 0 aliphatic carbocycles. The molecule has 2 rings (SSSR count). The monoisotopic (exact) mass is 268 g/mol. The summed E-state index contributed by atoms with van der Waals surface area (Å²) in [6.07, 6.45) is 5.08. The predicted octanol–water partition coefficient (Wildman–Crippen LogP) is 0.663. The molecule has 7 N–H and O–H groups in total. The number of carbonyl (C=O) groups is 1. The Morgan fingerprint density at radius 3 is 2.53 bits per heavy atom. The molecule has 0 saturated heterocycles. The number of urea groups is 1. The Labute approximate surface area is 107 Å². The number of ether oxygens (including phenoxy) is 1. The van der Waals surface area contributed by atoms with Crippen LogP contribution in [0.15, 0.2) is 54.2 Å². The fourth-order valence-electron chi connectivity index (χ4n) is 1.02. The summed E-state index contributed by atoms with van der Waals surface area (Å²) in [7, 11) is 0. The van der Waals surface area contributed by atoms with Crippen LogP contribution in [0.1, 0.15) is 0 Å². The van der Waals surface area contributed by atoms with Crippen LogP contribution in [-0.4, -0.2) is 31.3 Å². The van der Waals surface area contributed by atoms with E-state index in [9.17, 15) is 9.90 Å². The van der Waals surface area contributed by atoms with E-state index in [-0.39, 0.29) is 5.76 Å². The average molecular weight is 268 g/mol. The standard InChI is InChI=1S/C7H8N2O5.C3H4N2/c1-2-4(10)5(11)3(6(12)14-2)9-7(8)13;1-2-5-3-4-1/h10-12H,1H2,(H3,8,9,13);1-3H,(H,4,5). The van der Waals surface area contributed by atoms with Crippen LogP contribution in [0.2, 0.25) is 0 Å². The van der Waals surface area contributed by atoms with Gasteiger partial charge in [0.1, 0.15) is 0 Å². The van der Waals surface area contributed by atoms with E-state index in [1.807, 2.05) is 5.32 Å². The highest BCUT2D eigenvalue weighted by Gasteiger charge is 2.26. The quantitative estimate of drug-likeness (QED) is 0.439. The Bertz CT molecular complexity index is 515. The Hall–Kier alpha value is -3.10. The molecule has 0 fully saturated rings. The smallest absolute Gasteiger partial charge is 0.316 e.